The van der Waals surface area contributed by atoms with Crippen LogP contribution in [-0.2, 0) is 9.59 Å². The van der Waals surface area contributed by atoms with E-state index in [2.05, 4.69) is 12.6 Å². The third-order valence-corrected chi connectivity index (χ3v) is 2.62. The van der Waals surface area contributed by atoms with Gasteiger partial charge in [0.1, 0.15) is 4.75 Å². The summed E-state index contributed by atoms with van der Waals surface area (Å²) in [6.45, 7) is 1.63. The van der Waals surface area contributed by atoms with Crippen molar-refractivity contribution in [2.45, 2.75) is 30.9 Å². The summed E-state index contributed by atoms with van der Waals surface area (Å²) in [6.07, 6.45) is -0.724. The average molecular weight is 221 g/mol. The van der Waals surface area contributed by atoms with Crippen molar-refractivity contribution in [2.24, 2.45) is 0 Å². The van der Waals surface area contributed by atoms with E-state index in [1.54, 1.807) is 6.92 Å². The Morgan fingerprint density at radius 2 is 1.86 bits per heavy atom. The van der Waals surface area contributed by atoms with Crippen LogP contribution >= 0.6 is 12.6 Å². The van der Waals surface area contributed by atoms with Gasteiger partial charge in [0, 0.05) is 0 Å². The summed E-state index contributed by atoms with van der Waals surface area (Å²) in [7, 11) is 0. The third kappa shape index (κ3) is 3.78. The fourth-order valence-electron chi connectivity index (χ4n) is 0.989. The lowest BCUT2D eigenvalue weighted by molar-refractivity contribution is -0.138. The molecule has 0 aliphatic carbocycles. The van der Waals surface area contributed by atoms with Gasteiger partial charge in [-0.3, -0.25) is 14.4 Å². The number of carbonyl (C=O) groups is 2. The summed E-state index contributed by atoms with van der Waals surface area (Å²) in [5, 5.41) is 17.0. The van der Waals surface area contributed by atoms with Gasteiger partial charge in [0.05, 0.1) is 6.42 Å². The molecule has 0 amide bonds. The van der Waals surface area contributed by atoms with E-state index in [1.165, 1.54) is 0 Å². The first kappa shape index (κ1) is 13.0. The van der Waals surface area contributed by atoms with Crippen molar-refractivity contribution in [3.05, 3.63) is 0 Å². The molecule has 0 bridgehead atoms. The molecule has 3 N–H and O–H groups in total. The highest BCUT2D eigenvalue weighted by molar-refractivity contribution is 7.82. The Labute approximate surface area is 86.5 Å². The van der Waals surface area contributed by atoms with Crippen molar-refractivity contribution < 1.29 is 24.6 Å². The predicted molar refractivity (Wildman–Crippen MR) is 53.5 cm³/mol. The highest BCUT2D eigenvalue weighted by Gasteiger charge is 2.41. The third-order valence-electron chi connectivity index (χ3n) is 1.88. The number of hydrogen-bond acceptors (Lipinski definition) is 3. The number of rotatable bonds is 6. The quantitative estimate of drug-likeness (QED) is 0.347. The molecule has 0 spiro atoms. The van der Waals surface area contributed by atoms with E-state index in [1.807, 2.05) is 0 Å². The standard InChI is InChI=1S/C8H12O5S/c1-2-8(14,4-7(12)13)5(9)3-6(10)11/h14H,2-4H2,1H3,(H,10,11)(H,12,13)/p+1. The molecule has 0 aromatic heterocycles. The first-order valence-corrected chi connectivity index (χ1v) is 4.47. The minimum atomic E-state index is -1.26. The molecule has 1 atom stereocenters. The van der Waals surface area contributed by atoms with Gasteiger partial charge in [-0.25, -0.2) is 0 Å². The number of hydrogen-bond donors (Lipinski definition) is 3. The lowest BCUT2D eigenvalue weighted by Gasteiger charge is -2.17. The van der Waals surface area contributed by atoms with Gasteiger partial charge in [0.25, 0.3) is 0 Å². The Kier molecular flexibility index (Phi) is 4.62. The first-order chi connectivity index (χ1) is 6.31. The molecule has 14 heavy (non-hydrogen) atoms. The van der Waals surface area contributed by atoms with E-state index in [4.69, 9.17) is 10.2 Å². The summed E-state index contributed by atoms with van der Waals surface area (Å²) >= 11 is 4.00. The smallest absolute Gasteiger partial charge is 0.320 e. The van der Waals surface area contributed by atoms with Crippen LogP contribution < -0.4 is 0 Å². The monoisotopic (exact) mass is 221 g/mol. The Bertz CT molecular complexity index is 262. The van der Waals surface area contributed by atoms with Crippen LogP contribution in [-0.4, -0.2) is 37.5 Å². The summed E-state index contributed by atoms with van der Waals surface area (Å²) < 4.78 is -1.26. The van der Waals surface area contributed by atoms with Gasteiger partial charge in [0.2, 0.25) is 0 Å². The largest absolute Gasteiger partial charge is 0.481 e. The van der Waals surface area contributed by atoms with Crippen molar-refractivity contribution in [1.29, 1.82) is 0 Å². The summed E-state index contributed by atoms with van der Waals surface area (Å²) in [6, 6.07) is 0. The van der Waals surface area contributed by atoms with Gasteiger partial charge < -0.3 is 10.2 Å². The lowest BCUT2D eigenvalue weighted by atomic mass is 9.94. The van der Waals surface area contributed by atoms with E-state index in [0.717, 1.165) is 0 Å². The van der Waals surface area contributed by atoms with Crippen LogP contribution in [0.2, 0.25) is 0 Å². The zero-order chi connectivity index (χ0) is 11.4. The van der Waals surface area contributed by atoms with Crippen molar-refractivity contribution in [2.75, 3.05) is 0 Å². The fourth-order valence-corrected chi connectivity index (χ4v) is 1.20. The van der Waals surface area contributed by atoms with Gasteiger partial charge in [0.15, 0.2) is 6.42 Å². The first-order valence-electron chi connectivity index (χ1n) is 4.03. The zero-order valence-corrected chi connectivity index (χ0v) is 8.62. The highest BCUT2D eigenvalue weighted by atomic mass is 32.1. The molecule has 0 aromatic rings. The van der Waals surface area contributed by atoms with Crippen LogP contribution in [0.15, 0.2) is 0 Å². The molecule has 5 nitrogen and oxygen atoms in total. The molecule has 0 aliphatic heterocycles. The molecule has 0 saturated carbocycles. The zero-order valence-electron chi connectivity index (χ0n) is 7.73. The highest BCUT2D eigenvalue weighted by Crippen LogP contribution is 2.26. The average Bonchev–Trinajstić information content (AvgIpc) is 2.01. The van der Waals surface area contributed by atoms with Gasteiger partial charge in [-0.05, 0) is 6.42 Å². The minimum Gasteiger partial charge on any atom is -0.481 e. The molecule has 0 fully saturated rings. The second-order valence-electron chi connectivity index (χ2n) is 2.97. The Balaban J connectivity index is 4.58. The molecular formula is C8H13O5S+. The molecule has 0 saturated heterocycles. The number of ketones is 1. The Morgan fingerprint density at radius 3 is 2.14 bits per heavy atom. The molecule has 0 radical (unpaired) electrons. The molecule has 6 heteroatoms. The summed E-state index contributed by atoms with van der Waals surface area (Å²) in [5.74, 6) is -2.75. The summed E-state index contributed by atoms with van der Waals surface area (Å²) in [4.78, 5) is 30.1. The van der Waals surface area contributed by atoms with Gasteiger partial charge in [-0.15, -0.1) is 0 Å². The van der Waals surface area contributed by atoms with Gasteiger partial charge in [-0.2, -0.15) is 12.6 Å². The molecular weight excluding hydrogens is 208 g/mol. The normalized spacial score (nSPS) is 14.4. The fraction of sp³-hybridized carbons (Fsp3) is 0.625. The number of carbonyl (C=O) groups excluding carboxylic acids is 1. The lowest BCUT2D eigenvalue weighted by Crippen LogP contribution is -2.36. The molecule has 0 heterocycles. The second-order valence-corrected chi connectivity index (χ2v) is 3.83. The van der Waals surface area contributed by atoms with E-state index in [-0.39, 0.29) is 6.42 Å². The Hall–Kier alpha value is -1.04. The number of aliphatic carboxylic acids is 2. The van der Waals surface area contributed by atoms with Gasteiger partial charge >= 0.3 is 17.7 Å². The predicted octanol–water partition coefficient (Wildman–Crippen LogP) is 0.559. The topological polar surface area (TPSA) is 96.0 Å². The Morgan fingerprint density at radius 1 is 1.36 bits per heavy atom. The van der Waals surface area contributed by atoms with Crippen LogP contribution in [0.3, 0.4) is 0 Å². The summed E-state index contributed by atoms with van der Waals surface area (Å²) in [5.41, 5.74) is 0. The number of carboxylic acid groups (broad SMARTS) is 2. The van der Waals surface area contributed by atoms with Crippen molar-refractivity contribution in [3.8, 4) is 0 Å². The maximum atomic E-state index is 10.4. The molecule has 0 rings (SSSR count). The molecule has 1 unspecified atom stereocenters. The van der Waals surface area contributed by atoms with E-state index in [9.17, 15) is 14.4 Å². The minimum absolute atomic E-state index is 0.252. The van der Waals surface area contributed by atoms with Crippen LogP contribution in [0.4, 0.5) is 0 Å². The van der Waals surface area contributed by atoms with Crippen LogP contribution in [0.25, 0.3) is 0 Å². The van der Waals surface area contributed by atoms with Crippen molar-refractivity contribution >= 4 is 30.4 Å². The molecule has 80 valence electrons. The van der Waals surface area contributed by atoms with Crippen LogP contribution in [0, 0.1) is 0 Å². The van der Waals surface area contributed by atoms with Gasteiger partial charge in [-0.1, -0.05) is 6.92 Å². The van der Waals surface area contributed by atoms with Crippen molar-refractivity contribution in [3.63, 3.8) is 0 Å². The number of thiol groups is 1. The van der Waals surface area contributed by atoms with E-state index >= 15 is 0 Å². The van der Waals surface area contributed by atoms with Crippen molar-refractivity contribution in [1.82, 2.24) is 0 Å². The number of carboxylic acids is 2. The maximum Gasteiger partial charge on any atom is 0.320 e. The SMILES string of the molecule is CCC(S)(CC(=O)O)C(=[OH+])CC(=O)O. The molecule has 0 aliphatic rings. The van der Waals surface area contributed by atoms with Crippen LogP contribution in [0.5, 0.6) is 0 Å². The van der Waals surface area contributed by atoms with Crippen LogP contribution in [0.1, 0.15) is 26.2 Å². The molecule has 0 aromatic carbocycles. The maximum absolute atomic E-state index is 10.4. The van der Waals surface area contributed by atoms with E-state index < -0.39 is 35.3 Å². The van der Waals surface area contributed by atoms with E-state index in [0.29, 0.717) is 0 Å². The second kappa shape index (κ2) is 4.99.